The second-order valence-electron chi connectivity index (χ2n) is 7.61. The summed E-state index contributed by atoms with van der Waals surface area (Å²) < 4.78 is 35.0. The van der Waals surface area contributed by atoms with Crippen LogP contribution in [0.3, 0.4) is 0 Å². The maximum Gasteiger partial charge on any atom is 0.190 e. The van der Waals surface area contributed by atoms with Crippen LogP contribution in [0.2, 0.25) is 0 Å². The fourth-order valence-corrected chi connectivity index (χ4v) is 3.88. The first-order chi connectivity index (χ1) is 13.2. The first-order valence-electron chi connectivity index (χ1n) is 9.05. The van der Waals surface area contributed by atoms with E-state index in [2.05, 4.69) is 27.2 Å². The molecule has 3 aromatic rings. The molecule has 1 N–H and O–H groups in total. The third-order valence-electron chi connectivity index (χ3n) is 5.41. The molecule has 4 heterocycles. The third kappa shape index (κ3) is 2.96. The second-order valence-corrected chi connectivity index (χ2v) is 10.2. The van der Waals surface area contributed by atoms with E-state index in [1.54, 1.807) is 32.2 Å². The van der Waals surface area contributed by atoms with Gasteiger partial charge in [-0.25, -0.2) is 13.4 Å². The lowest BCUT2D eigenvalue weighted by atomic mass is 10.0. The molecule has 1 atom stereocenters. The van der Waals surface area contributed by atoms with Crippen molar-refractivity contribution < 1.29 is 17.7 Å². The van der Waals surface area contributed by atoms with E-state index in [0.717, 1.165) is 0 Å². The number of fused-ring (bicyclic) bond motifs is 1. The number of hydrogen-bond donors (Lipinski definition) is 1. The Morgan fingerprint density at radius 2 is 2.14 bits per heavy atom. The van der Waals surface area contributed by atoms with Crippen molar-refractivity contribution in [2.45, 2.75) is 31.6 Å². The summed E-state index contributed by atoms with van der Waals surface area (Å²) in [6.07, 6.45) is 2.84. The Hall–Kier alpha value is -2.46. The van der Waals surface area contributed by atoms with Gasteiger partial charge in [0, 0.05) is 24.6 Å². The predicted molar refractivity (Wildman–Crippen MR) is 105 cm³/mol. The first kappa shape index (κ1) is 18.9. The highest BCUT2D eigenvalue weighted by Gasteiger charge is 2.37. The summed E-state index contributed by atoms with van der Waals surface area (Å²) >= 11 is 0. The molecule has 3 aromatic heterocycles. The van der Waals surface area contributed by atoms with E-state index < -0.39 is 14.6 Å². The van der Waals surface area contributed by atoms with E-state index in [0.29, 0.717) is 53.6 Å². The van der Waals surface area contributed by atoms with Crippen molar-refractivity contribution in [2.75, 3.05) is 30.9 Å². The van der Waals surface area contributed by atoms with Gasteiger partial charge in [-0.15, -0.1) is 0 Å². The molecule has 1 saturated heterocycles. The topological polar surface area (TPSA) is 114 Å². The number of aromatic nitrogens is 4. The van der Waals surface area contributed by atoms with Crippen LogP contribution in [0.25, 0.3) is 22.5 Å². The largest absolute Gasteiger partial charge is 0.377 e. The summed E-state index contributed by atoms with van der Waals surface area (Å²) in [6.45, 7) is 7.23. The SMILES string of the molecule is CC1COCCN1c1cc(C(C)(C)S(C)(=O)=O)c2onc(-c3ccn[nH]3)c2n1. The van der Waals surface area contributed by atoms with Gasteiger partial charge in [0.25, 0.3) is 0 Å². The average molecular weight is 405 g/mol. The lowest BCUT2D eigenvalue weighted by Crippen LogP contribution is -2.44. The highest BCUT2D eigenvalue weighted by molar-refractivity contribution is 7.91. The first-order valence-corrected chi connectivity index (χ1v) is 10.9. The summed E-state index contributed by atoms with van der Waals surface area (Å²) in [5.41, 5.74) is 2.56. The molecule has 0 radical (unpaired) electrons. The molecule has 4 rings (SSSR count). The quantitative estimate of drug-likeness (QED) is 0.702. The zero-order valence-electron chi connectivity index (χ0n) is 16.3. The van der Waals surface area contributed by atoms with Crippen LogP contribution in [-0.4, -0.2) is 60.8 Å². The molecule has 1 aliphatic heterocycles. The van der Waals surface area contributed by atoms with Gasteiger partial charge in [0.2, 0.25) is 0 Å². The number of pyridine rings is 1. The van der Waals surface area contributed by atoms with Crippen molar-refractivity contribution in [2.24, 2.45) is 0 Å². The summed E-state index contributed by atoms with van der Waals surface area (Å²) in [7, 11) is -3.43. The second kappa shape index (κ2) is 6.56. The molecule has 0 aliphatic carbocycles. The van der Waals surface area contributed by atoms with E-state index in [1.807, 2.05) is 0 Å². The fraction of sp³-hybridized carbons (Fsp3) is 0.500. The van der Waals surface area contributed by atoms with Gasteiger partial charge in [-0.1, -0.05) is 5.16 Å². The van der Waals surface area contributed by atoms with E-state index in [-0.39, 0.29) is 6.04 Å². The highest BCUT2D eigenvalue weighted by atomic mass is 32.2. The minimum atomic E-state index is -3.43. The number of ether oxygens (including phenoxy) is 1. The van der Waals surface area contributed by atoms with E-state index in [1.165, 1.54) is 6.26 Å². The molecule has 1 unspecified atom stereocenters. The monoisotopic (exact) mass is 405 g/mol. The van der Waals surface area contributed by atoms with Crippen molar-refractivity contribution >= 4 is 26.8 Å². The van der Waals surface area contributed by atoms with Gasteiger partial charge in [-0.05, 0) is 32.9 Å². The molecule has 1 aliphatic rings. The number of hydrogen-bond acceptors (Lipinski definition) is 8. The Morgan fingerprint density at radius 3 is 2.79 bits per heavy atom. The van der Waals surface area contributed by atoms with Crippen LogP contribution in [0.5, 0.6) is 0 Å². The van der Waals surface area contributed by atoms with E-state index in [4.69, 9.17) is 14.2 Å². The van der Waals surface area contributed by atoms with Crippen LogP contribution in [0.15, 0.2) is 22.9 Å². The molecular weight excluding hydrogens is 382 g/mol. The minimum Gasteiger partial charge on any atom is -0.377 e. The lowest BCUT2D eigenvalue weighted by molar-refractivity contribution is 0.0985. The Labute approximate surface area is 163 Å². The van der Waals surface area contributed by atoms with Gasteiger partial charge < -0.3 is 14.2 Å². The third-order valence-corrected chi connectivity index (χ3v) is 7.48. The van der Waals surface area contributed by atoms with Gasteiger partial charge >= 0.3 is 0 Å². The Morgan fingerprint density at radius 1 is 1.36 bits per heavy atom. The number of morpholine rings is 1. The highest BCUT2D eigenvalue weighted by Crippen LogP contribution is 2.39. The zero-order chi connectivity index (χ0) is 20.1. The number of rotatable bonds is 4. The average Bonchev–Trinajstić information content (AvgIpc) is 3.29. The van der Waals surface area contributed by atoms with Gasteiger partial charge in [0.15, 0.2) is 21.1 Å². The number of nitrogens with one attached hydrogen (secondary N) is 1. The van der Waals surface area contributed by atoms with Crippen LogP contribution in [0, 0.1) is 0 Å². The fourth-order valence-electron chi connectivity index (χ4n) is 3.33. The van der Waals surface area contributed by atoms with Crippen molar-refractivity contribution in [1.29, 1.82) is 0 Å². The van der Waals surface area contributed by atoms with Crippen LogP contribution < -0.4 is 4.90 Å². The standard InChI is InChI=1S/C18H23N5O4S/c1-11-10-26-8-7-23(11)14-9-12(18(2,3)28(4,24)25)17-16(20-14)15(22-27-17)13-5-6-19-21-13/h5-6,9,11H,7-8,10H2,1-4H3,(H,19,21). The van der Waals surface area contributed by atoms with Gasteiger partial charge in [-0.2, -0.15) is 5.10 Å². The van der Waals surface area contributed by atoms with Crippen LogP contribution >= 0.6 is 0 Å². The summed E-state index contributed by atoms with van der Waals surface area (Å²) in [5, 5.41) is 11.0. The summed E-state index contributed by atoms with van der Waals surface area (Å²) in [6, 6.07) is 3.68. The zero-order valence-corrected chi connectivity index (χ0v) is 17.1. The molecule has 28 heavy (non-hydrogen) atoms. The maximum absolute atomic E-state index is 12.6. The molecule has 0 aromatic carbocycles. The number of anilines is 1. The molecule has 0 spiro atoms. The van der Waals surface area contributed by atoms with E-state index >= 15 is 0 Å². The Kier molecular flexibility index (Phi) is 4.42. The van der Waals surface area contributed by atoms with E-state index in [9.17, 15) is 8.42 Å². The van der Waals surface area contributed by atoms with Crippen molar-refractivity contribution in [3.05, 3.63) is 23.9 Å². The predicted octanol–water partition coefficient (Wildman–Crippen LogP) is 2.12. The molecule has 0 bridgehead atoms. The van der Waals surface area contributed by atoms with Crippen LogP contribution in [0.4, 0.5) is 5.82 Å². The normalized spacial score (nSPS) is 18.7. The van der Waals surface area contributed by atoms with Crippen LogP contribution in [-0.2, 0) is 19.3 Å². The van der Waals surface area contributed by atoms with Gasteiger partial charge in [0.05, 0.1) is 29.7 Å². The van der Waals surface area contributed by atoms with Crippen molar-refractivity contribution in [3.63, 3.8) is 0 Å². The molecule has 1 fully saturated rings. The summed E-state index contributed by atoms with van der Waals surface area (Å²) in [4.78, 5) is 6.91. The number of aromatic amines is 1. The maximum atomic E-state index is 12.6. The molecule has 0 saturated carbocycles. The molecule has 0 amide bonds. The number of nitrogens with zero attached hydrogens (tertiary/aromatic N) is 4. The molecular formula is C18H23N5O4S. The number of sulfone groups is 1. The number of H-pyrrole nitrogens is 1. The molecule has 9 nitrogen and oxygen atoms in total. The van der Waals surface area contributed by atoms with Crippen molar-refractivity contribution in [3.8, 4) is 11.4 Å². The van der Waals surface area contributed by atoms with Gasteiger partial charge in [0.1, 0.15) is 11.3 Å². The summed E-state index contributed by atoms with van der Waals surface area (Å²) in [5.74, 6) is 0.680. The molecule has 10 heteroatoms. The van der Waals surface area contributed by atoms with Gasteiger partial charge in [-0.3, -0.25) is 5.10 Å². The Bertz CT molecular complexity index is 1100. The lowest BCUT2D eigenvalue weighted by Gasteiger charge is -2.35. The smallest absolute Gasteiger partial charge is 0.190 e. The molecule has 150 valence electrons. The van der Waals surface area contributed by atoms with Crippen LogP contribution in [0.1, 0.15) is 26.3 Å². The Balaban J connectivity index is 1.99. The minimum absolute atomic E-state index is 0.114. The van der Waals surface area contributed by atoms with Crippen molar-refractivity contribution in [1.82, 2.24) is 20.3 Å².